The van der Waals surface area contributed by atoms with Gasteiger partial charge in [-0.25, -0.2) is 9.59 Å². The van der Waals surface area contributed by atoms with Crippen molar-refractivity contribution < 1.29 is 28.7 Å². The lowest BCUT2D eigenvalue weighted by molar-refractivity contribution is -0.155. The number of hydrogen-bond donors (Lipinski definition) is 0. The van der Waals surface area contributed by atoms with Gasteiger partial charge in [-0.15, -0.1) is 0 Å². The molecule has 0 saturated carbocycles. The fraction of sp³-hybridized carbons (Fsp3) is 0.467. The highest BCUT2D eigenvalue weighted by Gasteiger charge is 2.36. The third kappa shape index (κ3) is 7.43. The Morgan fingerprint density at radius 3 is 1.42 bits per heavy atom. The molecular formula is C30H36N2O6. The summed E-state index contributed by atoms with van der Waals surface area (Å²) in [6.07, 6.45) is 4.39. The fourth-order valence-electron chi connectivity index (χ4n) is 5.11. The van der Waals surface area contributed by atoms with Crippen LogP contribution in [0.3, 0.4) is 0 Å². The van der Waals surface area contributed by atoms with E-state index in [4.69, 9.17) is 9.47 Å². The molecule has 2 aromatic rings. The third-order valence-corrected chi connectivity index (χ3v) is 7.17. The van der Waals surface area contributed by atoms with Crippen LogP contribution in [0.5, 0.6) is 0 Å². The van der Waals surface area contributed by atoms with Crippen molar-refractivity contribution in [3.8, 4) is 0 Å². The van der Waals surface area contributed by atoms with Crippen molar-refractivity contribution in [2.45, 2.75) is 76.7 Å². The lowest BCUT2D eigenvalue weighted by Gasteiger charge is -2.24. The summed E-state index contributed by atoms with van der Waals surface area (Å²) in [6, 6.07) is 17.9. The Kier molecular flexibility index (Phi) is 9.90. The van der Waals surface area contributed by atoms with Crippen LogP contribution in [0.15, 0.2) is 60.7 Å². The first-order valence-electron chi connectivity index (χ1n) is 13.5. The fourth-order valence-corrected chi connectivity index (χ4v) is 5.11. The third-order valence-electron chi connectivity index (χ3n) is 7.17. The van der Waals surface area contributed by atoms with Gasteiger partial charge in [-0.1, -0.05) is 60.7 Å². The average Bonchev–Trinajstić information content (AvgIpc) is 3.64. The molecule has 2 heterocycles. The number of unbranched alkanes of at least 4 members (excludes halogenated alkanes) is 1. The van der Waals surface area contributed by atoms with Crippen LogP contribution in [0.2, 0.25) is 0 Å². The van der Waals surface area contributed by atoms with Crippen molar-refractivity contribution in [2.24, 2.45) is 0 Å². The Morgan fingerprint density at radius 2 is 1.03 bits per heavy atom. The van der Waals surface area contributed by atoms with Crippen LogP contribution in [0, 0.1) is 0 Å². The minimum Gasteiger partial charge on any atom is -0.459 e. The molecule has 0 aliphatic carbocycles. The second-order valence-electron chi connectivity index (χ2n) is 9.88. The molecule has 2 amide bonds. The number of nitrogens with zero attached hydrogens (tertiary/aromatic N) is 2. The molecule has 8 nitrogen and oxygen atoms in total. The van der Waals surface area contributed by atoms with Gasteiger partial charge in [-0.05, 0) is 49.7 Å². The first kappa shape index (κ1) is 27.4. The lowest BCUT2D eigenvalue weighted by Crippen LogP contribution is -2.41. The van der Waals surface area contributed by atoms with E-state index in [-0.39, 0.29) is 49.8 Å². The van der Waals surface area contributed by atoms with Crippen LogP contribution in [0.4, 0.5) is 0 Å². The van der Waals surface area contributed by atoms with Crippen LogP contribution < -0.4 is 0 Å². The number of likely N-dealkylation sites (tertiary alicyclic amines) is 2. The predicted molar refractivity (Wildman–Crippen MR) is 140 cm³/mol. The monoisotopic (exact) mass is 520 g/mol. The van der Waals surface area contributed by atoms with E-state index in [1.807, 2.05) is 60.7 Å². The Labute approximate surface area is 223 Å². The molecule has 0 spiro atoms. The van der Waals surface area contributed by atoms with Crippen molar-refractivity contribution in [3.63, 3.8) is 0 Å². The standard InChI is InChI=1S/C30H36N2O6/c33-27(31-19-9-15-25(31)29(35)37-21-23-11-3-1-4-12-23)17-7-8-18-28(34)32-20-10-16-26(32)30(36)38-22-24-13-5-2-6-14-24/h1-6,11-14,25-26H,7-10,15-22H2/t25-,26-/m0/s1. The highest BCUT2D eigenvalue weighted by Crippen LogP contribution is 2.23. The SMILES string of the molecule is O=C(OCc1ccccc1)[C@@H]1CCCN1C(=O)CCCCC(=O)N1CCC[C@H]1C(=O)OCc1ccccc1. The highest BCUT2D eigenvalue weighted by atomic mass is 16.5. The van der Waals surface area contributed by atoms with Crippen molar-refractivity contribution in [2.75, 3.05) is 13.1 Å². The van der Waals surface area contributed by atoms with E-state index < -0.39 is 12.1 Å². The summed E-state index contributed by atoms with van der Waals surface area (Å²) in [7, 11) is 0. The Bertz CT molecular complexity index is 1000. The summed E-state index contributed by atoms with van der Waals surface area (Å²) < 4.78 is 10.9. The maximum absolute atomic E-state index is 12.8. The normalized spacial score (nSPS) is 18.8. The molecule has 0 aromatic heterocycles. The van der Waals surface area contributed by atoms with Gasteiger partial charge in [0.05, 0.1) is 0 Å². The summed E-state index contributed by atoms with van der Waals surface area (Å²) in [5, 5.41) is 0. The van der Waals surface area contributed by atoms with E-state index >= 15 is 0 Å². The maximum Gasteiger partial charge on any atom is 0.329 e. The van der Waals surface area contributed by atoms with Crippen molar-refractivity contribution in [3.05, 3.63) is 71.8 Å². The minimum absolute atomic E-state index is 0.0832. The van der Waals surface area contributed by atoms with Gasteiger partial charge in [-0.2, -0.15) is 0 Å². The van der Waals surface area contributed by atoms with Crippen LogP contribution in [0.1, 0.15) is 62.5 Å². The van der Waals surface area contributed by atoms with E-state index in [9.17, 15) is 19.2 Å². The highest BCUT2D eigenvalue weighted by molar-refractivity contribution is 5.86. The summed E-state index contributed by atoms with van der Waals surface area (Å²) in [5.74, 6) is -0.900. The zero-order valence-electron chi connectivity index (χ0n) is 21.8. The molecule has 0 radical (unpaired) electrons. The molecule has 2 aliphatic heterocycles. The molecule has 202 valence electrons. The summed E-state index contributed by atoms with van der Waals surface area (Å²) in [5.41, 5.74) is 1.82. The summed E-state index contributed by atoms with van der Waals surface area (Å²) >= 11 is 0. The van der Waals surface area contributed by atoms with E-state index in [0.29, 0.717) is 38.8 Å². The number of amides is 2. The van der Waals surface area contributed by atoms with Gasteiger partial charge in [0, 0.05) is 25.9 Å². The molecule has 0 unspecified atom stereocenters. The molecule has 4 rings (SSSR count). The van der Waals surface area contributed by atoms with Crippen molar-refractivity contribution >= 4 is 23.8 Å². The Hall–Kier alpha value is -3.68. The molecule has 8 heteroatoms. The quantitative estimate of drug-likeness (QED) is 0.328. The van der Waals surface area contributed by atoms with Gasteiger partial charge in [0.15, 0.2) is 0 Å². The van der Waals surface area contributed by atoms with Crippen LogP contribution in [-0.2, 0) is 41.9 Å². The summed E-state index contributed by atoms with van der Waals surface area (Å²) in [4.78, 5) is 54.1. The van der Waals surface area contributed by atoms with Gasteiger partial charge >= 0.3 is 11.9 Å². The van der Waals surface area contributed by atoms with Gasteiger partial charge < -0.3 is 19.3 Å². The Balaban J connectivity index is 1.16. The van der Waals surface area contributed by atoms with Crippen LogP contribution in [0.25, 0.3) is 0 Å². The molecule has 2 aliphatic rings. The second-order valence-corrected chi connectivity index (χ2v) is 9.88. The zero-order chi connectivity index (χ0) is 26.7. The zero-order valence-corrected chi connectivity index (χ0v) is 21.8. The number of esters is 2. The van der Waals surface area contributed by atoms with E-state index in [1.165, 1.54) is 0 Å². The van der Waals surface area contributed by atoms with Crippen LogP contribution >= 0.6 is 0 Å². The summed E-state index contributed by atoms with van der Waals surface area (Å²) in [6.45, 7) is 1.47. The number of carbonyl (C=O) groups excluding carboxylic acids is 4. The average molecular weight is 521 g/mol. The number of carbonyl (C=O) groups is 4. The van der Waals surface area contributed by atoms with E-state index in [2.05, 4.69) is 0 Å². The predicted octanol–water partition coefficient (Wildman–Crippen LogP) is 4.02. The van der Waals surface area contributed by atoms with Gasteiger partial charge in [-0.3, -0.25) is 9.59 Å². The lowest BCUT2D eigenvalue weighted by atomic mass is 10.1. The minimum atomic E-state index is -0.542. The molecule has 2 aromatic carbocycles. The topological polar surface area (TPSA) is 93.2 Å². The number of rotatable bonds is 11. The number of hydrogen-bond acceptors (Lipinski definition) is 6. The van der Waals surface area contributed by atoms with Gasteiger partial charge in [0.2, 0.25) is 11.8 Å². The molecule has 2 atom stereocenters. The largest absolute Gasteiger partial charge is 0.459 e. The molecule has 0 bridgehead atoms. The maximum atomic E-state index is 12.8. The molecule has 2 fully saturated rings. The number of benzene rings is 2. The van der Waals surface area contributed by atoms with Gasteiger partial charge in [0.25, 0.3) is 0 Å². The van der Waals surface area contributed by atoms with E-state index in [0.717, 1.165) is 24.0 Å². The van der Waals surface area contributed by atoms with Crippen molar-refractivity contribution in [1.29, 1.82) is 0 Å². The molecule has 0 N–H and O–H groups in total. The second kappa shape index (κ2) is 13.7. The number of ether oxygens (including phenoxy) is 2. The Morgan fingerprint density at radius 1 is 0.632 bits per heavy atom. The molecule has 38 heavy (non-hydrogen) atoms. The smallest absolute Gasteiger partial charge is 0.329 e. The first-order chi connectivity index (χ1) is 18.5. The molecule has 2 saturated heterocycles. The van der Waals surface area contributed by atoms with E-state index in [1.54, 1.807) is 9.80 Å². The van der Waals surface area contributed by atoms with Crippen LogP contribution in [-0.4, -0.2) is 58.7 Å². The van der Waals surface area contributed by atoms with Crippen molar-refractivity contribution in [1.82, 2.24) is 9.80 Å². The van der Waals surface area contributed by atoms with Gasteiger partial charge in [0.1, 0.15) is 25.3 Å². The molecular weight excluding hydrogens is 484 g/mol. The first-order valence-corrected chi connectivity index (χ1v) is 13.5.